The summed E-state index contributed by atoms with van der Waals surface area (Å²) in [6.07, 6.45) is 4.15. The quantitative estimate of drug-likeness (QED) is 0.775. The van der Waals surface area contributed by atoms with Crippen molar-refractivity contribution >= 4 is 0 Å². The van der Waals surface area contributed by atoms with Crippen LogP contribution in [0, 0.1) is 17.8 Å². The molecule has 0 bridgehead atoms. The Labute approximate surface area is 102 Å². The molecule has 0 aromatic carbocycles. The van der Waals surface area contributed by atoms with E-state index in [2.05, 4.69) is 45.1 Å². The van der Waals surface area contributed by atoms with Gasteiger partial charge in [-0.1, -0.05) is 20.8 Å². The normalized spacial score (nSPS) is 31.3. The van der Waals surface area contributed by atoms with E-state index in [1.165, 1.54) is 32.4 Å². The van der Waals surface area contributed by atoms with Gasteiger partial charge in [0.05, 0.1) is 0 Å². The first-order chi connectivity index (χ1) is 7.52. The minimum Gasteiger partial charge on any atom is -0.317 e. The zero-order chi connectivity index (χ0) is 12.1. The molecule has 1 saturated carbocycles. The molecule has 0 amide bonds. The largest absolute Gasteiger partial charge is 0.317 e. The van der Waals surface area contributed by atoms with Crippen LogP contribution in [0.1, 0.15) is 40.0 Å². The molecule has 16 heavy (non-hydrogen) atoms. The van der Waals surface area contributed by atoms with Crippen LogP contribution < -0.4 is 5.32 Å². The summed E-state index contributed by atoms with van der Waals surface area (Å²) < 4.78 is 0. The van der Waals surface area contributed by atoms with E-state index in [9.17, 15) is 0 Å². The lowest BCUT2D eigenvalue weighted by atomic mass is 9.78. The molecule has 1 aliphatic carbocycles. The average molecular weight is 226 g/mol. The van der Waals surface area contributed by atoms with Crippen LogP contribution in [0.4, 0.5) is 0 Å². The Morgan fingerprint density at radius 1 is 1.31 bits per heavy atom. The van der Waals surface area contributed by atoms with Crippen LogP contribution in [0.25, 0.3) is 0 Å². The second kappa shape index (κ2) is 6.61. The van der Waals surface area contributed by atoms with Crippen molar-refractivity contribution in [2.75, 3.05) is 27.2 Å². The molecule has 0 saturated heterocycles. The van der Waals surface area contributed by atoms with Crippen molar-refractivity contribution < 1.29 is 0 Å². The fourth-order valence-corrected chi connectivity index (χ4v) is 3.18. The van der Waals surface area contributed by atoms with Crippen molar-refractivity contribution in [1.29, 1.82) is 0 Å². The second-order valence-electron chi connectivity index (χ2n) is 6.19. The van der Waals surface area contributed by atoms with E-state index in [1.807, 2.05) is 0 Å². The van der Waals surface area contributed by atoms with Gasteiger partial charge in [0.15, 0.2) is 0 Å². The van der Waals surface area contributed by atoms with E-state index < -0.39 is 0 Å². The van der Waals surface area contributed by atoms with Gasteiger partial charge in [0.25, 0.3) is 0 Å². The number of nitrogens with zero attached hydrogens (tertiary/aromatic N) is 1. The molecule has 0 radical (unpaired) electrons. The third-order valence-corrected chi connectivity index (χ3v) is 3.84. The van der Waals surface area contributed by atoms with Gasteiger partial charge in [-0.25, -0.2) is 0 Å². The summed E-state index contributed by atoms with van der Waals surface area (Å²) in [5.41, 5.74) is 0. The first kappa shape index (κ1) is 14.0. The molecule has 0 aromatic heterocycles. The highest BCUT2D eigenvalue weighted by atomic mass is 15.1. The number of nitrogens with one attached hydrogen (secondary N) is 1. The summed E-state index contributed by atoms with van der Waals surface area (Å²) in [5.74, 6) is 2.54. The lowest BCUT2D eigenvalue weighted by Crippen LogP contribution is -2.44. The minimum atomic E-state index is 0.741. The Morgan fingerprint density at radius 3 is 2.56 bits per heavy atom. The minimum absolute atomic E-state index is 0.741. The monoisotopic (exact) mass is 226 g/mol. The summed E-state index contributed by atoms with van der Waals surface area (Å²) in [4.78, 5) is 2.51. The standard InChI is InChI=1S/C14H30N2/c1-11(2)9-16(5)10-13-8-12(3)6-7-14(13)15-4/h11-15H,6-10H2,1-5H3. The average Bonchev–Trinajstić information content (AvgIpc) is 2.16. The molecule has 1 rings (SSSR count). The lowest BCUT2D eigenvalue weighted by Gasteiger charge is -2.37. The molecular weight excluding hydrogens is 196 g/mol. The summed E-state index contributed by atoms with van der Waals surface area (Å²) in [6, 6.07) is 0.741. The van der Waals surface area contributed by atoms with Crippen molar-refractivity contribution in [2.24, 2.45) is 17.8 Å². The molecule has 1 N–H and O–H groups in total. The van der Waals surface area contributed by atoms with E-state index >= 15 is 0 Å². The molecule has 2 nitrogen and oxygen atoms in total. The van der Waals surface area contributed by atoms with Crippen LogP contribution >= 0.6 is 0 Å². The van der Waals surface area contributed by atoms with Gasteiger partial charge >= 0.3 is 0 Å². The van der Waals surface area contributed by atoms with Crippen molar-refractivity contribution in [2.45, 2.75) is 46.1 Å². The first-order valence-corrected chi connectivity index (χ1v) is 6.88. The third-order valence-electron chi connectivity index (χ3n) is 3.84. The molecule has 96 valence electrons. The molecule has 3 unspecified atom stereocenters. The van der Waals surface area contributed by atoms with Crippen LogP contribution in [0.2, 0.25) is 0 Å². The SMILES string of the molecule is CNC1CCC(C)CC1CN(C)CC(C)C. The predicted molar refractivity (Wildman–Crippen MR) is 71.7 cm³/mol. The fraction of sp³-hybridized carbons (Fsp3) is 1.00. The molecule has 0 heterocycles. The third kappa shape index (κ3) is 4.42. The maximum absolute atomic E-state index is 3.51. The number of hydrogen-bond acceptors (Lipinski definition) is 2. The van der Waals surface area contributed by atoms with Crippen LogP contribution in [-0.4, -0.2) is 38.1 Å². The van der Waals surface area contributed by atoms with Crippen LogP contribution in [0.5, 0.6) is 0 Å². The Balaban J connectivity index is 2.42. The number of rotatable bonds is 5. The topological polar surface area (TPSA) is 15.3 Å². The predicted octanol–water partition coefficient (Wildman–Crippen LogP) is 2.60. The van der Waals surface area contributed by atoms with E-state index in [-0.39, 0.29) is 0 Å². The molecule has 0 spiro atoms. The summed E-state index contributed by atoms with van der Waals surface area (Å²) in [6.45, 7) is 9.49. The zero-order valence-electron chi connectivity index (χ0n) is 11.8. The van der Waals surface area contributed by atoms with Crippen molar-refractivity contribution in [3.05, 3.63) is 0 Å². The molecule has 1 fully saturated rings. The zero-order valence-corrected chi connectivity index (χ0v) is 11.8. The maximum Gasteiger partial charge on any atom is 0.0105 e. The van der Waals surface area contributed by atoms with Crippen molar-refractivity contribution in [3.63, 3.8) is 0 Å². The molecule has 3 atom stereocenters. The second-order valence-corrected chi connectivity index (χ2v) is 6.19. The van der Waals surface area contributed by atoms with Crippen molar-refractivity contribution in [1.82, 2.24) is 10.2 Å². The molecule has 1 aliphatic rings. The van der Waals surface area contributed by atoms with E-state index in [0.717, 1.165) is 23.8 Å². The van der Waals surface area contributed by atoms with Gasteiger partial charge < -0.3 is 10.2 Å². The van der Waals surface area contributed by atoms with Crippen LogP contribution in [0.3, 0.4) is 0 Å². The van der Waals surface area contributed by atoms with E-state index in [4.69, 9.17) is 0 Å². The highest BCUT2D eigenvalue weighted by molar-refractivity contribution is 4.84. The molecule has 0 aromatic rings. The summed E-state index contributed by atoms with van der Waals surface area (Å²) >= 11 is 0. The van der Waals surface area contributed by atoms with Gasteiger partial charge in [-0.05, 0) is 51.1 Å². The van der Waals surface area contributed by atoms with E-state index in [0.29, 0.717) is 0 Å². The first-order valence-electron chi connectivity index (χ1n) is 6.88. The Kier molecular flexibility index (Phi) is 5.77. The number of hydrogen-bond donors (Lipinski definition) is 1. The van der Waals surface area contributed by atoms with Crippen molar-refractivity contribution in [3.8, 4) is 0 Å². The maximum atomic E-state index is 3.51. The highest BCUT2D eigenvalue weighted by Crippen LogP contribution is 2.29. The van der Waals surface area contributed by atoms with Gasteiger partial charge in [0, 0.05) is 19.1 Å². The smallest absolute Gasteiger partial charge is 0.0105 e. The van der Waals surface area contributed by atoms with Gasteiger partial charge in [-0.15, -0.1) is 0 Å². The van der Waals surface area contributed by atoms with Gasteiger partial charge in [0.2, 0.25) is 0 Å². The summed E-state index contributed by atoms with van der Waals surface area (Å²) in [7, 11) is 4.39. The molecular formula is C14H30N2. The van der Waals surface area contributed by atoms with E-state index in [1.54, 1.807) is 0 Å². The van der Waals surface area contributed by atoms with Gasteiger partial charge in [-0.3, -0.25) is 0 Å². The van der Waals surface area contributed by atoms with Gasteiger partial charge in [0.1, 0.15) is 0 Å². The highest BCUT2D eigenvalue weighted by Gasteiger charge is 2.28. The molecule has 2 heteroatoms. The van der Waals surface area contributed by atoms with Crippen LogP contribution in [0.15, 0.2) is 0 Å². The van der Waals surface area contributed by atoms with Gasteiger partial charge in [-0.2, -0.15) is 0 Å². The fourth-order valence-electron chi connectivity index (χ4n) is 3.18. The Morgan fingerprint density at radius 2 is 2.00 bits per heavy atom. The lowest BCUT2D eigenvalue weighted by molar-refractivity contribution is 0.157. The van der Waals surface area contributed by atoms with Crippen LogP contribution in [-0.2, 0) is 0 Å². The summed E-state index contributed by atoms with van der Waals surface area (Å²) in [5, 5.41) is 3.51. The Bertz CT molecular complexity index is 191. The Hall–Kier alpha value is -0.0800. The molecule has 0 aliphatic heterocycles.